The Labute approximate surface area is 173 Å². The summed E-state index contributed by atoms with van der Waals surface area (Å²) in [7, 11) is 0. The van der Waals surface area contributed by atoms with Crippen molar-refractivity contribution >= 4 is 5.91 Å². The Bertz CT molecular complexity index is 360. The number of aliphatic hydroxyl groups is 1. The van der Waals surface area contributed by atoms with Gasteiger partial charge in [0.1, 0.15) is 0 Å². The first-order valence-corrected chi connectivity index (χ1v) is 12.0. The number of aliphatic hydroxyl groups excluding tert-OH is 1. The fraction of sp³-hybridized carbons (Fsp3) is 0.957. The summed E-state index contributed by atoms with van der Waals surface area (Å²) in [5, 5.41) is 12.5. The second-order valence-corrected chi connectivity index (χ2v) is 8.35. The number of carbonyl (C=O) groups is 1. The zero-order chi connectivity index (χ0) is 20.3. The lowest BCUT2D eigenvalue weighted by Gasteiger charge is -2.30. The van der Waals surface area contributed by atoms with E-state index in [-0.39, 0.29) is 18.6 Å². The van der Waals surface area contributed by atoms with E-state index in [0.29, 0.717) is 13.0 Å². The monoisotopic (exact) mass is 398 g/mol. The average molecular weight is 399 g/mol. The molecule has 5 heteroatoms. The van der Waals surface area contributed by atoms with Gasteiger partial charge in [0.05, 0.1) is 25.9 Å². The molecule has 0 spiro atoms. The van der Waals surface area contributed by atoms with Crippen LogP contribution in [0.4, 0.5) is 0 Å². The standard InChI is InChI=1S/C23H46N2O3/c1-2-3-4-5-6-7-8-9-10-11-12-13-14-15-23(27)24-22(21-26)20-25-16-18-28-19-17-25/h22,26H,2-21H2,1H3,(H,24,27). The van der Waals surface area contributed by atoms with Gasteiger partial charge in [-0.25, -0.2) is 0 Å². The highest BCUT2D eigenvalue weighted by molar-refractivity contribution is 5.76. The van der Waals surface area contributed by atoms with Crippen molar-refractivity contribution in [1.82, 2.24) is 10.2 Å². The summed E-state index contributed by atoms with van der Waals surface area (Å²) >= 11 is 0. The molecule has 0 bridgehead atoms. The summed E-state index contributed by atoms with van der Waals surface area (Å²) in [5.41, 5.74) is 0. The predicted octanol–water partition coefficient (Wildman–Crippen LogP) is 4.28. The molecule has 0 saturated carbocycles. The van der Waals surface area contributed by atoms with Gasteiger partial charge in [0.2, 0.25) is 5.91 Å². The maximum absolute atomic E-state index is 12.1. The van der Waals surface area contributed by atoms with Crippen LogP contribution in [0.5, 0.6) is 0 Å². The molecule has 1 atom stereocenters. The molecule has 0 aromatic heterocycles. The van der Waals surface area contributed by atoms with Gasteiger partial charge in [-0.1, -0.05) is 84.0 Å². The fourth-order valence-corrected chi connectivity index (χ4v) is 3.85. The van der Waals surface area contributed by atoms with E-state index in [0.717, 1.165) is 39.1 Å². The summed E-state index contributed by atoms with van der Waals surface area (Å²) in [6.45, 7) is 6.23. The van der Waals surface area contributed by atoms with E-state index in [1.54, 1.807) is 0 Å². The van der Waals surface area contributed by atoms with E-state index in [4.69, 9.17) is 4.74 Å². The first-order valence-electron chi connectivity index (χ1n) is 12.0. The smallest absolute Gasteiger partial charge is 0.220 e. The van der Waals surface area contributed by atoms with E-state index in [2.05, 4.69) is 17.1 Å². The summed E-state index contributed by atoms with van der Waals surface area (Å²) in [4.78, 5) is 14.3. The van der Waals surface area contributed by atoms with Crippen molar-refractivity contribution in [2.75, 3.05) is 39.5 Å². The van der Waals surface area contributed by atoms with E-state index in [1.807, 2.05) is 0 Å². The second kappa shape index (κ2) is 18.4. The van der Waals surface area contributed by atoms with Crippen molar-refractivity contribution in [1.29, 1.82) is 0 Å². The number of unbranched alkanes of at least 4 members (excludes halogenated alkanes) is 12. The molecule has 2 N–H and O–H groups in total. The minimum absolute atomic E-state index is 0.00169. The number of rotatable bonds is 18. The third-order valence-corrected chi connectivity index (χ3v) is 5.68. The molecule has 0 aliphatic carbocycles. The van der Waals surface area contributed by atoms with E-state index in [9.17, 15) is 9.90 Å². The molecule has 1 heterocycles. The topological polar surface area (TPSA) is 61.8 Å². The van der Waals surface area contributed by atoms with Crippen LogP contribution < -0.4 is 5.32 Å². The minimum Gasteiger partial charge on any atom is -0.394 e. The zero-order valence-electron chi connectivity index (χ0n) is 18.4. The molecule has 1 aliphatic rings. The molecule has 1 rings (SSSR count). The Balaban J connectivity index is 1.88. The van der Waals surface area contributed by atoms with Crippen LogP contribution >= 0.6 is 0 Å². The highest BCUT2D eigenvalue weighted by Gasteiger charge is 2.17. The summed E-state index contributed by atoms with van der Waals surface area (Å²) in [5.74, 6) is 0.0791. The zero-order valence-corrected chi connectivity index (χ0v) is 18.4. The van der Waals surface area contributed by atoms with Gasteiger partial charge in [0.25, 0.3) is 0 Å². The Kier molecular flexibility index (Phi) is 16.7. The van der Waals surface area contributed by atoms with Crippen LogP contribution in [-0.4, -0.2) is 61.4 Å². The van der Waals surface area contributed by atoms with Gasteiger partial charge in [-0.05, 0) is 6.42 Å². The van der Waals surface area contributed by atoms with Crippen LogP contribution in [0.15, 0.2) is 0 Å². The first-order chi connectivity index (χ1) is 13.8. The number of nitrogens with zero attached hydrogens (tertiary/aromatic N) is 1. The largest absolute Gasteiger partial charge is 0.394 e. The number of morpholine rings is 1. The molecular formula is C23H46N2O3. The third-order valence-electron chi connectivity index (χ3n) is 5.68. The molecule has 0 radical (unpaired) electrons. The maximum atomic E-state index is 12.1. The predicted molar refractivity (Wildman–Crippen MR) is 117 cm³/mol. The molecule has 0 aromatic carbocycles. The van der Waals surface area contributed by atoms with Crippen LogP contribution in [0.3, 0.4) is 0 Å². The third kappa shape index (κ3) is 14.4. The SMILES string of the molecule is CCCCCCCCCCCCCCCC(=O)NC(CO)CN1CCOCC1. The highest BCUT2D eigenvalue weighted by Crippen LogP contribution is 2.13. The van der Waals surface area contributed by atoms with E-state index < -0.39 is 0 Å². The Morgan fingerprint density at radius 2 is 1.39 bits per heavy atom. The normalized spacial score (nSPS) is 16.2. The summed E-state index contributed by atoms with van der Waals surface area (Å²) in [6, 6.07) is -0.160. The van der Waals surface area contributed by atoms with Crippen molar-refractivity contribution in [3.63, 3.8) is 0 Å². The summed E-state index contributed by atoms with van der Waals surface area (Å²) in [6.07, 6.45) is 17.7. The lowest BCUT2D eigenvalue weighted by Crippen LogP contribution is -2.48. The van der Waals surface area contributed by atoms with Gasteiger partial charge in [0, 0.05) is 26.1 Å². The van der Waals surface area contributed by atoms with Gasteiger partial charge in [0.15, 0.2) is 0 Å². The highest BCUT2D eigenvalue weighted by atomic mass is 16.5. The Morgan fingerprint density at radius 1 is 0.893 bits per heavy atom. The molecule has 0 aromatic rings. The summed E-state index contributed by atoms with van der Waals surface area (Å²) < 4.78 is 5.33. The number of carbonyl (C=O) groups excluding carboxylic acids is 1. The molecular weight excluding hydrogens is 352 g/mol. The molecule has 5 nitrogen and oxygen atoms in total. The Morgan fingerprint density at radius 3 is 1.89 bits per heavy atom. The van der Waals surface area contributed by atoms with Crippen molar-refractivity contribution < 1.29 is 14.6 Å². The molecule has 1 unspecified atom stereocenters. The van der Waals surface area contributed by atoms with Crippen LogP contribution in [0, 0.1) is 0 Å². The molecule has 1 saturated heterocycles. The van der Waals surface area contributed by atoms with Crippen LogP contribution in [0.25, 0.3) is 0 Å². The van der Waals surface area contributed by atoms with Gasteiger partial charge in [-0.3, -0.25) is 9.69 Å². The van der Waals surface area contributed by atoms with Gasteiger partial charge in [-0.15, -0.1) is 0 Å². The number of hydrogen-bond acceptors (Lipinski definition) is 4. The van der Waals surface area contributed by atoms with E-state index >= 15 is 0 Å². The van der Waals surface area contributed by atoms with Crippen molar-refractivity contribution in [3.8, 4) is 0 Å². The van der Waals surface area contributed by atoms with Crippen LogP contribution in [0.2, 0.25) is 0 Å². The molecule has 166 valence electrons. The number of nitrogens with one attached hydrogen (secondary N) is 1. The van der Waals surface area contributed by atoms with Gasteiger partial charge >= 0.3 is 0 Å². The molecule has 1 fully saturated rings. The van der Waals surface area contributed by atoms with Gasteiger partial charge in [-0.2, -0.15) is 0 Å². The quantitative estimate of drug-likeness (QED) is 0.338. The molecule has 28 heavy (non-hydrogen) atoms. The lowest BCUT2D eigenvalue weighted by molar-refractivity contribution is -0.122. The Hall–Kier alpha value is -0.650. The number of amides is 1. The maximum Gasteiger partial charge on any atom is 0.220 e. The second-order valence-electron chi connectivity index (χ2n) is 8.35. The first kappa shape index (κ1) is 25.4. The van der Waals surface area contributed by atoms with Crippen LogP contribution in [0.1, 0.15) is 96.8 Å². The molecule has 1 aliphatic heterocycles. The van der Waals surface area contributed by atoms with Crippen LogP contribution in [-0.2, 0) is 9.53 Å². The number of ether oxygens (including phenoxy) is 1. The van der Waals surface area contributed by atoms with Crippen molar-refractivity contribution in [3.05, 3.63) is 0 Å². The molecule has 1 amide bonds. The average Bonchev–Trinajstić information content (AvgIpc) is 2.71. The lowest BCUT2D eigenvalue weighted by atomic mass is 10.0. The van der Waals surface area contributed by atoms with Crippen molar-refractivity contribution in [2.24, 2.45) is 0 Å². The fourth-order valence-electron chi connectivity index (χ4n) is 3.85. The van der Waals surface area contributed by atoms with Crippen molar-refractivity contribution in [2.45, 2.75) is 103 Å². The van der Waals surface area contributed by atoms with E-state index in [1.165, 1.54) is 70.6 Å². The van der Waals surface area contributed by atoms with Gasteiger partial charge < -0.3 is 15.2 Å². The minimum atomic E-state index is -0.160. The number of hydrogen-bond donors (Lipinski definition) is 2.